The molecule has 0 radical (unpaired) electrons. The Balaban J connectivity index is 1.49. The Labute approximate surface area is 230 Å². The lowest BCUT2D eigenvalue weighted by Crippen LogP contribution is -2.39. The summed E-state index contributed by atoms with van der Waals surface area (Å²) in [5.74, 6) is -4.85. The van der Waals surface area contributed by atoms with E-state index in [-0.39, 0.29) is 41.4 Å². The molecule has 4 atom stereocenters. The molecule has 0 spiro atoms. The summed E-state index contributed by atoms with van der Waals surface area (Å²) in [6.07, 6.45) is 3.74. The van der Waals surface area contributed by atoms with Crippen molar-refractivity contribution >= 4 is 35.0 Å². The van der Waals surface area contributed by atoms with Crippen LogP contribution >= 0.6 is 0 Å². The van der Waals surface area contributed by atoms with Gasteiger partial charge in [-0.1, -0.05) is 29.8 Å². The number of hydrogen-bond donors (Lipinski definition) is 2. The molecule has 3 aliphatic carbocycles. The Morgan fingerprint density at radius 1 is 0.950 bits per heavy atom. The van der Waals surface area contributed by atoms with Crippen molar-refractivity contribution in [3.8, 4) is 5.75 Å². The quantitative estimate of drug-likeness (QED) is 0.339. The zero-order chi connectivity index (χ0) is 28.6. The summed E-state index contributed by atoms with van der Waals surface area (Å²) >= 11 is 0. The van der Waals surface area contributed by atoms with Gasteiger partial charge >= 0.3 is 5.97 Å². The molecule has 1 fully saturated rings. The summed E-state index contributed by atoms with van der Waals surface area (Å²) in [7, 11) is 0. The number of Topliss-reactive ketones (excluding diaryl/α,β-unsaturated/α-hetero) is 1. The topological polar surface area (TPSA) is 129 Å². The first-order valence-corrected chi connectivity index (χ1v) is 13.2. The van der Waals surface area contributed by atoms with Crippen LogP contribution in [0.3, 0.4) is 0 Å². The fourth-order valence-corrected chi connectivity index (χ4v) is 6.95. The molecule has 2 amide bonds. The Hall–Kier alpha value is -4.59. The summed E-state index contributed by atoms with van der Waals surface area (Å²) < 4.78 is 0. The number of phenols is 1. The average Bonchev–Trinajstić information content (AvgIpc) is 3.18. The van der Waals surface area contributed by atoms with Gasteiger partial charge < -0.3 is 10.2 Å². The third kappa shape index (κ3) is 3.62. The first kappa shape index (κ1) is 25.7. The number of aromatic hydroxyl groups is 1. The molecular formula is C32H27NO7. The van der Waals surface area contributed by atoms with Gasteiger partial charge in [0, 0.05) is 22.6 Å². The lowest BCUT2D eigenvalue weighted by atomic mass is 9.59. The molecule has 0 bridgehead atoms. The molecule has 2 aromatic rings. The number of carboxylic acid groups (broad SMARTS) is 1. The van der Waals surface area contributed by atoms with Crippen LogP contribution in [0.1, 0.15) is 52.7 Å². The second kappa shape index (κ2) is 8.98. The summed E-state index contributed by atoms with van der Waals surface area (Å²) in [4.78, 5) is 67.0. The highest BCUT2D eigenvalue weighted by Crippen LogP contribution is 2.55. The Morgan fingerprint density at radius 2 is 1.65 bits per heavy atom. The van der Waals surface area contributed by atoms with E-state index in [2.05, 4.69) is 0 Å². The highest BCUT2D eigenvalue weighted by Gasteiger charge is 2.56. The number of aromatic carboxylic acids is 1. The molecule has 40 heavy (non-hydrogen) atoms. The first-order chi connectivity index (χ1) is 19.0. The predicted octanol–water partition coefficient (Wildman–Crippen LogP) is 4.34. The molecular weight excluding hydrogens is 510 g/mol. The molecule has 0 unspecified atom stereocenters. The van der Waals surface area contributed by atoms with Crippen LogP contribution in [0, 0.1) is 31.6 Å². The zero-order valence-electron chi connectivity index (χ0n) is 22.2. The SMILES string of the molecule is CC1=CC(=O)C2=C(C[C@@H]3C(=CC[C@@H]4C(=O)N(c5cccc(C(=O)O)c5)C(=O)[C@@H]43)[C@@H]2c2cc(C)c(O)c(C)c2)C1=O. The van der Waals surface area contributed by atoms with Crippen molar-refractivity contribution in [1.82, 2.24) is 0 Å². The van der Waals surface area contributed by atoms with E-state index in [0.717, 1.165) is 16.0 Å². The number of rotatable bonds is 3. The number of fused-ring (bicyclic) bond motifs is 3. The van der Waals surface area contributed by atoms with Crippen molar-refractivity contribution in [2.45, 2.75) is 39.5 Å². The van der Waals surface area contributed by atoms with Crippen molar-refractivity contribution in [1.29, 1.82) is 0 Å². The smallest absolute Gasteiger partial charge is 0.335 e. The fourth-order valence-electron chi connectivity index (χ4n) is 6.95. The number of carbonyl (C=O) groups is 5. The van der Waals surface area contributed by atoms with Crippen LogP contribution in [0.25, 0.3) is 0 Å². The van der Waals surface area contributed by atoms with E-state index < -0.39 is 41.5 Å². The number of carboxylic acids is 1. The normalized spacial score (nSPS) is 25.8. The van der Waals surface area contributed by atoms with Crippen LogP contribution < -0.4 is 4.90 Å². The molecule has 2 aromatic carbocycles. The molecule has 1 aliphatic heterocycles. The van der Waals surface area contributed by atoms with Crippen LogP contribution in [0.2, 0.25) is 0 Å². The molecule has 1 saturated heterocycles. The number of nitrogens with zero attached hydrogens (tertiary/aromatic N) is 1. The highest BCUT2D eigenvalue weighted by molar-refractivity contribution is 6.25. The molecule has 4 aliphatic rings. The third-order valence-corrected chi connectivity index (χ3v) is 8.76. The largest absolute Gasteiger partial charge is 0.507 e. The van der Waals surface area contributed by atoms with E-state index in [1.807, 2.05) is 6.08 Å². The lowest BCUT2D eigenvalue weighted by Gasteiger charge is -2.42. The minimum atomic E-state index is -1.17. The average molecular weight is 538 g/mol. The molecule has 0 saturated carbocycles. The number of benzene rings is 2. The maximum atomic E-state index is 14.0. The van der Waals surface area contributed by atoms with Gasteiger partial charge in [-0.05, 0) is 80.5 Å². The molecule has 2 N–H and O–H groups in total. The second-order valence-electron chi connectivity index (χ2n) is 11.1. The number of anilines is 1. The van der Waals surface area contributed by atoms with Gasteiger partial charge in [-0.15, -0.1) is 0 Å². The second-order valence-corrected chi connectivity index (χ2v) is 11.1. The van der Waals surface area contributed by atoms with Gasteiger partial charge in [0.25, 0.3) is 0 Å². The number of phenolic OH excluding ortho intramolecular Hbond substituents is 1. The van der Waals surface area contributed by atoms with E-state index in [1.54, 1.807) is 32.9 Å². The van der Waals surface area contributed by atoms with Gasteiger partial charge in [0.1, 0.15) is 5.75 Å². The first-order valence-electron chi connectivity index (χ1n) is 13.2. The Morgan fingerprint density at radius 3 is 2.33 bits per heavy atom. The number of allylic oxidation sites excluding steroid dienone is 6. The number of carbonyl (C=O) groups excluding carboxylic acids is 4. The van der Waals surface area contributed by atoms with Crippen LogP contribution in [0.15, 0.2) is 70.8 Å². The van der Waals surface area contributed by atoms with E-state index in [1.165, 1.54) is 30.3 Å². The van der Waals surface area contributed by atoms with Crippen molar-refractivity contribution in [2.75, 3.05) is 4.90 Å². The molecule has 8 heteroatoms. The van der Waals surface area contributed by atoms with E-state index >= 15 is 0 Å². The van der Waals surface area contributed by atoms with Crippen LogP contribution in [0.4, 0.5) is 5.69 Å². The lowest BCUT2D eigenvalue weighted by molar-refractivity contribution is -0.123. The maximum Gasteiger partial charge on any atom is 0.335 e. The molecule has 8 nitrogen and oxygen atoms in total. The van der Waals surface area contributed by atoms with Gasteiger partial charge in [-0.25, -0.2) is 4.79 Å². The van der Waals surface area contributed by atoms with Crippen molar-refractivity contribution < 1.29 is 34.2 Å². The van der Waals surface area contributed by atoms with E-state index in [9.17, 15) is 34.2 Å². The van der Waals surface area contributed by atoms with Crippen LogP contribution in [-0.4, -0.2) is 39.6 Å². The third-order valence-electron chi connectivity index (χ3n) is 8.76. The van der Waals surface area contributed by atoms with Gasteiger partial charge in [0.15, 0.2) is 11.6 Å². The number of aryl methyl sites for hydroxylation is 2. The van der Waals surface area contributed by atoms with Crippen molar-refractivity contribution in [3.05, 3.63) is 93.1 Å². The monoisotopic (exact) mass is 537 g/mol. The van der Waals surface area contributed by atoms with Crippen LogP contribution in [-0.2, 0) is 19.2 Å². The molecule has 202 valence electrons. The molecule has 0 aromatic heterocycles. The zero-order valence-corrected chi connectivity index (χ0v) is 22.2. The number of hydrogen-bond acceptors (Lipinski definition) is 6. The molecule has 6 rings (SSSR count). The maximum absolute atomic E-state index is 14.0. The minimum Gasteiger partial charge on any atom is -0.507 e. The Kier molecular flexibility index (Phi) is 5.76. The fraction of sp³-hybridized carbons (Fsp3) is 0.281. The summed E-state index contributed by atoms with van der Waals surface area (Å²) in [6, 6.07) is 9.36. The highest BCUT2D eigenvalue weighted by atomic mass is 16.4. The number of imide groups is 1. The molecule has 1 heterocycles. The summed E-state index contributed by atoms with van der Waals surface area (Å²) in [6.45, 7) is 5.14. The summed E-state index contributed by atoms with van der Waals surface area (Å²) in [5, 5.41) is 19.9. The standard InChI is InChI=1S/C32H27NO7/c1-14-9-18(10-15(2)28(14)35)25-20-7-8-21-26(22(20)13-23-27(25)24(34)11-16(3)29(23)36)31(38)33(30(21)37)19-6-4-5-17(12-19)32(39)40/h4-7,9-12,21-22,25-26,35H,8,13H2,1-3H3,(H,39,40)/t21-,22+,25-,26-/m0/s1. The van der Waals surface area contributed by atoms with Gasteiger partial charge in [0.2, 0.25) is 11.8 Å². The predicted molar refractivity (Wildman–Crippen MR) is 145 cm³/mol. The van der Waals surface area contributed by atoms with Gasteiger partial charge in [-0.2, -0.15) is 0 Å². The van der Waals surface area contributed by atoms with Gasteiger partial charge in [-0.3, -0.25) is 24.1 Å². The van der Waals surface area contributed by atoms with Crippen molar-refractivity contribution in [2.24, 2.45) is 17.8 Å². The van der Waals surface area contributed by atoms with E-state index in [4.69, 9.17) is 0 Å². The van der Waals surface area contributed by atoms with Crippen molar-refractivity contribution in [3.63, 3.8) is 0 Å². The minimum absolute atomic E-state index is 0.0361. The number of ketones is 2. The number of amides is 2. The van der Waals surface area contributed by atoms with Crippen LogP contribution in [0.5, 0.6) is 5.75 Å². The summed E-state index contributed by atoms with van der Waals surface area (Å²) in [5.41, 5.74) is 4.08. The Bertz CT molecular complexity index is 1650. The van der Waals surface area contributed by atoms with E-state index in [0.29, 0.717) is 27.8 Å². The van der Waals surface area contributed by atoms with Gasteiger partial charge in [0.05, 0.1) is 23.1 Å².